The predicted molar refractivity (Wildman–Crippen MR) is 129 cm³/mol. The van der Waals surface area contributed by atoms with Gasteiger partial charge in [-0.2, -0.15) is 0 Å². The van der Waals surface area contributed by atoms with Crippen molar-refractivity contribution < 1.29 is 14.3 Å². The Morgan fingerprint density at radius 1 is 0.909 bits per heavy atom. The molecular formula is C24H21N5O3S. The maximum atomic E-state index is 12.8. The van der Waals surface area contributed by atoms with Gasteiger partial charge >= 0.3 is 0 Å². The quantitative estimate of drug-likeness (QED) is 0.468. The predicted octanol–water partition coefficient (Wildman–Crippen LogP) is 4.03. The lowest BCUT2D eigenvalue weighted by molar-refractivity contribution is 0.101. The highest BCUT2D eigenvalue weighted by molar-refractivity contribution is 7.22. The van der Waals surface area contributed by atoms with Gasteiger partial charge in [0.25, 0.3) is 11.8 Å². The van der Waals surface area contributed by atoms with Gasteiger partial charge in [0, 0.05) is 42.4 Å². The number of carbonyl (C=O) groups excluding carboxylic acids is 2. The van der Waals surface area contributed by atoms with Crippen LogP contribution in [0.3, 0.4) is 0 Å². The molecule has 1 aliphatic heterocycles. The summed E-state index contributed by atoms with van der Waals surface area (Å²) in [4.78, 5) is 36.1. The van der Waals surface area contributed by atoms with Crippen LogP contribution in [0.4, 0.5) is 16.5 Å². The smallest absolute Gasteiger partial charge is 0.257 e. The minimum absolute atomic E-state index is 0.259. The molecule has 4 aromatic rings. The maximum Gasteiger partial charge on any atom is 0.257 e. The van der Waals surface area contributed by atoms with Crippen molar-refractivity contribution in [2.75, 3.05) is 41.8 Å². The summed E-state index contributed by atoms with van der Waals surface area (Å²) in [6, 6.07) is 15.9. The molecule has 1 saturated heterocycles. The normalized spacial score (nSPS) is 13.6. The van der Waals surface area contributed by atoms with Crippen LogP contribution in [0.5, 0.6) is 0 Å². The largest absolute Gasteiger partial charge is 0.378 e. The number of carbonyl (C=O) groups is 2. The Labute approximate surface area is 194 Å². The number of aromatic nitrogens is 2. The number of rotatable bonds is 5. The number of hydrogen-bond acceptors (Lipinski definition) is 7. The molecule has 5 rings (SSSR count). The molecule has 0 atom stereocenters. The molecule has 2 aromatic carbocycles. The van der Waals surface area contributed by atoms with E-state index in [1.165, 1.54) is 6.20 Å². The van der Waals surface area contributed by atoms with Gasteiger partial charge < -0.3 is 20.3 Å². The third-order valence-corrected chi connectivity index (χ3v) is 6.30. The first kappa shape index (κ1) is 21.0. The molecule has 0 spiro atoms. The SMILES string of the molecule is O=C(Nc1cccc(C(=O)Nc2ccc3nc(N4CCOCC4)sc3c2)c1)c1cccnc1. The van der Waals surface area contributed by atoms with Gasteiger partial charge in [0.2, 0.25) is 0 Å². The number of nitrogens with zero attached hydrogens (tertiary/aromatic N) is 3. The van der Waals surface area contributed by atoms with Crippen molar-refractivity contribution in [3.63, 3.8) is 0 Å². The lowest BCUT2D eigenvalue weighted by atomic mass is 10.1. The number of morpholine rings is 1. The average Bonchev–Trinajstić information content (AvgIpc) is 3.29. The van der Waals surface area contributed by atoms with Gasteiger partial charge in [0.1, 0.15) is 0 Å². The molecular weight excluding hydrogens is 438 g/mol. The van der Waals surface area contributed by atoms with E-state index >= 15 is 0 Å². The molecule has 3 heterocycles. The number of thiazole rings is 1. The van der Waals surface area contributed by atoms with Crippen LogP contribution in [-0.2, 0) is 4.74 Å². The highest BCUT2D eigenvalue weighted by Crippen LogP contribution is 2.31. The molecule has 0 aliphatic carbocycles. The second-order valence-corrected chi connectivity index (χ2v) is 8.52. The summed E-state index contributed by atoms with van der Waals surface area (Å²) in [5.74, 6) is -0.544. The Kier molecular flexibility index (Phi) is 5.97. The van der Waals surface area contributed by atoms with E-state index in [-0.39, 0.29) is 11.8 Å². The van der Waals surface area contributed by atoms with E-state index in [0.717, 1.165) is 28.4 Å². The molecule has 2 aromatic heterocycles. The van der Waals surface area contributed by atoms with Crippen LogP contribution in [-0.4, -0.2) is 48.1 Å². The first-order valence-electron chi connectivity index (χ1n) is 10.5. The van der Waals surface area contributed by atoms with E-state index in [2.05, 4.69) is 20.5 Å². The number of benzene rings is 2. The van der Waals surface area contributed by atoms with E-state index < -0.39 is 0 Å². The van der Waals surface area contributed by atoms with Crippen molar-refractivity contribution in [3.05, 3.63) is 78.1 Å². The highest BCUT2D eigenvalue weighted by atomic mass is 32.1. The molecule has 33 heavy (non-hydrogen) atoms. The molecule has 1 aliphatic rings. The third kappa shape index (κ3) is 4.84. The molecule has 2 amide bonds. The minimum Gasteiger partial charge on any atom is -0.378 e. The number of anilines is 3. The van der Waals surface area contributed by atoms with Gasteiger partial charge in [-0.25, -0.2) is 4.98 Å². The van der Waals surface area contributed by atoms with Crippen LogP contribution in [0.2, 0.25) is 0 Å². The van der Waals surface area contributed by atoms with Crippen LogP contribution < -0.4 is 15.5 Å². The summed E-state index contributed by atoms with van der Waals surface area (Å²) in [7, 11) is 0. The molecule has 166 valence electrons. The highest BCUT2D eigenvalue weighted by Gasteiger charge is 2.16. The Hall–Kier alpha value is -3.82. The van der Waals surface area contributed by atoms with Gasteiger partial charge in [-0.3, -0.25) is 14.6 Å². The van der Waals surface area contributed by atoms with E-state index in [1.54, 1.807) is 53.9 Å². The molecule has 8 nitrogen and oxygen atoms in total. The summed E-state index contributed by atoms with van der Waals surface area (Å²) in [5.41, 5.74) is 3.01. The Bertz CT molecular complexity index is 1300. The van der Waals surface area contributed by atoms with Crippen LogP contribution in [0, 0.1) is 0 Å². The second-order valence-electron chi connectivity index (χ2n) is 7.51. The summed E-state index contributed by atoms with van der Waals surface area (Å²) in [6.45, 7) is 3.08. The second kappa shape index (κ2) is 9.35. The summed E-state index contributed by atoms with van der Waals surface area (Å²) >= 11 is 1.60. The summed E-state index contributed by atoms with van der Waals surface area (Å²) < 4.78 is 6.42. The zero-order valence-electron chi connectivity index (χ0n) is 17.7. The number of nitrogens with one attached hydrogen (secondary N) is 2. The lowest BCUT2D eigenvalue weighted by Gasteiger charge is -2.25. The van der Waals surface area contributed by atoms with Crippen LogP contribution in [0.25, 0.3) is 10.2 Å². The van der Waals surface area contributed by atoms with E-state index in [1.807, 2.05) is 18.2 Å². The third-order valence-electron chi connectivity index (χ3n) is 5.22. The fourth-order valence-corrected chi connectivity index (χ4v) is 4.58. The molecule has 0 unspecified atom stereocenters. The van der Waals surface area contributed by atoms with Crippen LogP contribution in [0.15, 0.2) is 67.0 Å². The maximum absolute atomic E-state index is 12.8. The number of ether oxygens (including phenoxy) is 1. The monoisotopic (exact) mass is 459 g/mol. The Morgan fingerprint density at radius 3 is 2.45 bits per heavy atom. The molecule has 2 N–H and O–H groups in total. The lowest BCUT2D eigenvalue weighted by Crippen LogP contribution is -2.36. The van der Waals surface area contributed by atoms with Gasteiger partial charge in [0.05, 0.1) is 29.0 Å². The van der Waals surface area contributed by atoms with Crippen LogP contribution in [0.1, 0.15) is 20.7 Å². The topological polar surface area (TPSA) is 96.5 Å². The average molecular weight is 460 g/mol. The van der Waals surface area contributed by atoms with Crippen molar-refractivity contribution in [1.29, 1.82) is 0 Å². The fraction of sp³-hybridized carbons (Fsp3) is 0.167. The van der Waals surface area contributed by atoms with Crippen molar-refractivity contribution >= 4 is 49.9 Å². The minimum atomic E-state index is -0.285. The zero-order valence-corrected chi connectivity index (χ0v) is 18.5. The van der Waals surface area contributed by atoms with Gasteiger partial charge in [0.15, 0.2) is 5.13 Å². The van der Waals surface area contributed by atoms with E-state index in [0.29, 0.717) is 35.7 Å². The van der Waals surface area contributed by atoms with Crippen molar-refractivity contribution in [1.82, 2.24) is 9.97 Å². The van der Waals surface area contributed by atoms with Crippen molar-refractivity contribution in [3.8, 4) is 0 Å². The van der Waals surface area contributed by atoms with Gasteiger partial charge in [-0.15, -0.1) is 0 Å². The zero-order chi connectivity index (χ0) is 22.6. The standard InChI is InChI=1S/C24H21N5O3S/c30-22(16-3-1-5-18(13-16)26-23(31)17-4-2-8-25-15-17)27-19-6-7-20-21(14-19)33-24(28-20)29-9-11-32-12-10-29/h1-8,13-15H,9-12H2,(H,26,31)(H,27,30). The number of amides is 2. The number of fused-ring (bicyclic) bond motifs is 1. The molecule has 0 saturated carbocycles. The van der Waals surface area contributed by atoms with Crippen molar-refractivity contribution in [2.24, 2.45) is 0 Å². The summed E-state index contributed by atoms with van der Waals surface area (Å²) in [6.07, 6.45) is 3.10. The van der Waals surface area contributed by atoms with Crippen LogP contribution >= 0.6 is 11.3 Å². The summed E-state index contributed by atoms with van der Waals surface area (Å²) in [5, 5.41) is 6.70. The Morgan fingerprint density at radius 2 is 1.67 bits per heavy atom. The first-order valence-corrected chi connectivity index (χ1v) is 11.3. The first-order chi connectivity index (χ1) is 16.2. The van der Waals surface area contributed by atoms with E-state index in [9.17, 15) is 9.59 Å². The fourth-order valence-electron chi connectivity index (χ4n) is 3.52. The van der Waals surface area contributed by atoms with Gasteiger partial charge in [-0.05, 0) is 48.5 Å². The van der Waals surface area contributed by atoms with Crippen molar-refractivity contribution in [2.45, 2.75) is 0 Å². The molecule has 1 fully saturated rings. The molecule has 0 bridgehead atoms. The number of pyridine rings is 1. The molecule has 9 heteroatoms. The van der Waals surface area contributed by atoms with Gasteiger partial charge in [-0.1, -0.05) is 17.4 Å². The Balaban J connectivity index is 1.29. The number of hydrogen-bond donors (Lipinski definition) is 2. The molecule has 0 radical (unpaired) electrons. The van der Waals surface area contributed by atoms with E-state index in [4.69, 9.17) is 9.72 Å².